The van der Waals surface area contributed by atoms with Crippen molar-refractivity contribution in [2.24, 2.45) is 0 Å². The summed E-state index contributed by atoms with van der Waals surface area (Å²) in [4.78, 5) is 23.7. The number of H-pyrrole nitrogens is 1. The van der Waals surface area contributed by atoms with Gasteiger partial charge in [0.05, 0.1) is 15.1 Å². The number of hydrogen-bond donors (Lipinski definition) is 2. The fourth-order valence-electron chi connectivity index (χ4n) is 0.679. The van der Waals surface area contributed by atoms with E-state index in [1.54, 1.807) is 0 Å². The smallest absolute Gasteiger partial charge is 0.338 e. The van der Waals surface area contributed by atoms with Crippen molar-refractivity contribution >= 4 is 33.5 Å². The number of aromatic nitrogens is 1. The quantitative estimate of drug-likeness (QED) is 0.795. The van der Waals surface area contributed by atoms with Crippen molar-refractivity contribution in [3.05, 3.63) is 31.6 Å². The van der Waals surface area contributed by atoms with Crippen LogP contribution in [0.25, 0.3) is 0 Å². The summed E-state index contributed by atoms with van der Waals surface area (Å²) in [5, 5.41) is 8.60. The summed E-state index contributed by atoms with van der Waals surface area (Å²) in [6, 6.07) is 0. The van der Waals surface area contributed by atoms with Gasteiger partial charge in [-0.05, 0) is 15.9 Å². The molecule has 0 bridgehead atoms. The van der Waals surface area contributed by atoms with Crippen LogP contribution in [0.3, 0.4) is 0 Å². The summed E-state index contributed by atoms with van der Waals surface area (Å²) >= 11 is 8.34. The number of nitrogens with one attached hydrogen (secondary N) is 1. The lowest BCUT2D eigenvalue weighted by Crippen LogP contribution is -2.12. The molecule has 0 radical (unpaired) electrons. The van der Waals surface area contributed by atoms with Gasteiger partial charge in [-0.25, -0.2) is 4.79 Å². The lowest BCUT2D eigenvalue weighted by Gasteiger charge is -1.98. The van der Waals surface area contributed by atoms with Crippen LogP contribution in [-0.4, -0.2) is 16.1 Å². The summed E-state index contributed by atoms with van der Waals surface area (Å²) in [6.07, 6.45) is 1.14. The molecule has 2 N–H and O–H groups in total. The van der Waals surface area contributed by atoms with Gasteiger partial charge >= 0.3 is 5.97 Å². The summed E-state index contributed by atoms with van der Waals surface area (Å²) in [6.45, 7) is 0. The highest BCUT2D eigenvalue weighted by molar-refractivity contribution is 9.10. The Morgan fingerprint density at radius 3 is 2.67 bits per heavy atom. The Labute approximate surface area is 80.3 Å². The highest BCUT2D eigenvalue weighted by atomic mass is 79.9. The summed E-state index contributed by atoms with van der Waals surface area (Å²) in [5.74, 6) is -1.24. The molecule has 0 aliphatic carbocycles. The predicted molar refractivity (Wildman–Crippen MR) is 46.7 cm³/mol. The molecular weight excluding hydrogens is 249 g/mol. The fourth-order valence-corrected chi connectivity index (χ4v) is 1.52. The second kappa shape index (κ2) is 3.28. The lowest BCUT2D eigenvalue weighted by atomic mass is 10.3. The van der Waals surface area contributed by atoms with Crippen LogP contribution in [0.5, 0.6) is 0 Å². The molecule has 0 fully saturated rings. The Morgan fingerprint density at radius 2 is 2.25 bits per heavy atom. The molecule has 12 heavy (non-hydrogen) atoms. The van der Waals surface area contributed by atoms with E-state index in [0.29, 0.717) is 0 Å². The van der Waals surface area contributed by atoms with Gasteiger partial charge in [0, 0.05) is 6.20 Å². The first-order valence-corrected chi connectivity index (χ1v) is 4.01. The van der Waals surface area contributed by atoms with Gasteiger partial charge in [-0.3, -0.25) is 4.79 Å². The van der Waals surface area contributed by atoms with Crippen LogP contribution in [0.2, 0.25) is 5.02 Å². The van der Waals surface area contributed by atoms with E-state index in [2.05, 4.69) is 20.9 Å². The van der Waals surface area contributed by atoms with Crippen LogP contribution in [0.15, 0.2) is 15.5 Å². The van der Waals surface area contributed by atoms with Crippen LogP contribution in [0, 0.1) is 0 Å². The minimum atomic E-state index is -1.24. The Kier molecular flexibility index (Phi) is 2.54. The molecule has 1 heterocycles. The third kappa shape index (κ3) is 1.51. The number of carboxylic acid groups (broad SMARTS) is 1. The van der Waals surface area contributed by atoms with Crippen molar-refractivity contribution in [2.45, 2.75) is 0 Å². The Bertz CT molecular complexity index is 387. The van der Waals surface area contributed by atoms with Gasteiger partial charge in [0.25, 0.3) is 5.56 Å². The maximum atomic E-state index is 10.9. The van der Waals surface area contributed by atoms with Gasteiger partial charge in [0.2, 0.25) is 0 Å². The average Bonchev–Trinajstić information content (AvgIpc) is 1.97. The van der Waals surface area contributed by atoms with Crippen molar-refractivity contribution in [1.82, 2.24) is 4.98 Å². The molecule has 0 saturated carbocycles. The van der Waals surface area contributed by atoms with Crippen LogP contribution in [0.4, 0.5) is 0 Å². The molecule has 0 aromatic carbocycles. The molecular formula is C6H3BrClNO3. The number of pyridine rings is 1. The molecule has 64 valence electrons. The van der Waals surface area contributed by atoms with Gasteiger partial charge in [-0.1, -0.05) is 11.6 Å². The molecule has 0 unspecified atom stereocenters. The van der Waals surface area contributed by atoms with Gasteiger partial charge in [0.15, 0.2) is 0 Å². The van der Waals surface area contributed by atoms with Crippen LogP contribution < -0.4 is 5.56 Å². The predicted octanol–water partition coefficient (Wildman–Crippen LogP) is 1.49. The zero-order valence-electron chi connectivity index (χ0n) is 5.60. The second-order valence-electron chi connectivity index (χ2n) is 1.96. The summed E-state index contributed by atoms with van der Waals surface area (Å²) in [7, 11) is 0. The zero-order chi connectivity index (χ0) is 9.30. The third-order valence-electron chi connectivity index (χ3n) is 1.20. The van der Waals surface area contributed by atoms with Gasteiger partial charge in [-0.2, -0.15) is 0 Å². The first kappa shape index (κ1) is 9.28. The van der Waals surface area contributed by atoms with Gasteiger partial charge in [0.1, 0.15) is 0 Å². The first-order valence-electron chi connectivity index (χ1n) is 2.84. The summed E-state index contributed by atoms with van der Waals surface area (Å²) < 4.78 is -0.0671. The standard InChI is InChI=1S/C6H3BrClNO3/c7-4-3(6(11)12)2(8)1-9-5(4)10/h1H,(H,9,10)(H,11,12). The van der Waals surface area contributed by atoms with E-state index in [-0.39, 0.29) is 15.1 Å². The molecule has 4 nitrogen and oxygen atoms in total. The van der Waals surface area contributed by atoms with E-state index in [1.807, 2.05) is 0 Å². The monoisotopic (exact) mass is 251 g/mol. The van der Waals surface area contributed by atoms with Crippen LogP contribution in [-0.2, 0) is 0 Å². The lowest BCUT2D eigenvalue weighted by molar-refractivity contribution is 0.0696. The number of halogens is 2. The molecule has 6 heteroatoms. The molecule has 0 spiro atoms. The van der Waals surface area contributed by atoms with E-state index < -0.39 is 11.5 Å². The fraction of sp³-hybridized carbons (Fsp3) is 0. The average molecular weight is 252 g/mol. The Hall–Kier alpha value is -0.810. The summed E-state index contributed by atoms with van der Waals surface area (Å²) in [5.41, 5.74) is -0.739. The largest absolute Gasteiger partial charge is 0.478 e. The normalized spacial score (nSPS) is 9.83. The molecule has 0 saturated heterocycles. The van der Waals surface area contributed by atoms with Crippen molar-refractivity contribution in [1.29, 1.82) is 0 Å². The first-order chi connectivity index (χ1) is 5.54. The minimum Gasteiger partial charge on any atom is -0.478 e. The SMILES string of the molecule is O=C(O)c1c(Cl)c[nH]c(=O)c1Br. The van der Waals surface area contributed by atoms with E-state index >= 15 is 0 Å². The molecule has 0 aliphatic rings. The van der Waals surface area contributed by atoms with Crippen LogP contribution >= 0.6 is 27.5 Å². The Morgan fingerprint density at radius 1 is 1.67 bits per heavy atom. The molecule has 0 atom stereocenters. The minimum absolute atomic E-state index is 0.00558. The van der Waals surface area contributed by atoms with Crippen molar-refractivity contribution in [2.75, 3.05) is 0 Å². The number of carboxylic acids is 1. The molecule has 0 aliphatic heterocycles. The van der Waals surface area contributed by atoms with Gasteiger partial charge in [-0.15, -0.1) is 0 Å². The van der Waals surface area contributed by atoms with E-state index in [1.165, 1.54) is 0 Å². The highest BCUT2D eigenvalue weighted by Gasteiger charge is 2.15. The van der Waals surface area contributed by atoms with E-state index in [0.717, 1.165) is 6.20 Å². The molecule has 1 rings (SSSR count). The topological polar surface area (TPSA) is 70.2 Å². The number of aromatic amines is 1. The number of rotatable bonds is 1. The van der Waals surface area contributed by atoms with E-state index in [4.69, 9.17) is 16.7 Å². The van der Waals surface area contributed by atoms with Gasteiger partial charge < -0.3 is 10.1 Å². The maximum Gasteiger partial charge on any atom is 0.338 e. The van der Waals surface area contributed by atoms with Crippen LogP contribution in [0.1, 0.15) is 10.4 Å². The number of aromatic carboxylic acids is 1. The zero-order valence-corrected chi connectivity index (χ0v) is 7.94. The van der Waals surface area contributed by atoms with Crippen molar-refractivity contribution in [3.8, 4) is 0 Å². The highest BCUT2D eigenvalue weighted by Crippen LogP contribution is 2.19. The Balaban J connectivity index is 3.54. The third-order valence-corrected chi connectivity index (χ3v) is 2.26. The molecule has 1 aromatic heterocycles. The second-order valence-corrected chi connectivity index (χ2v) is 3.16. The number of hydrogen-bond acceptors (Lipinski definition) is 2. The molecule has 0 amide bonds. The molecule has 1 aromatic rings. The van der Waals surface area contributed by atoms with E-state index in [9.17, 15) is 9.59 Å². The van der Waals surface area contributed by atoms with Crippen molar-refractivity contribution in [3.63, 3.8) is 0 Å². The number of carbonyl (C=O) groups is 1. The van der Waals surface area contributed by atoms with Crippen molar-refractivity contribution < 1.29 is 9.90 Å². The maximum absolute atomic E-state index is 10.9.